The summed E-state index contributed by atoms with van der Waals surface area (Å²) in [5.41, 5.74) is 2.37. The minimum atomic E-state index is -3.53. The summed E-state index contributed by atoms with van der Waals surface area (Å²) in [4.78, 5) is 14.9. The molecule has 2 N–H and O–H groups in total. The molecule has 5 rings (SSSR count). The predicted octanol–water partition coefficient (Wildman–Crippen LogP) is 1.79. The summed E-state index contributed by atoms with van der Waals surface area (Å²) < 4.78 is 29.6. The van der Waals surface area contributed by atoms with Gasteiger partial charge in [0, 0.05) is 19.5 Å². The Morgan fingerprint density at radius 2 is 1.81 bits per heavy atom. The number of para-hydroxylation sites is 2. The summed E-state index contributed by atoms with van der Waals surface area (Å²) >= 11 is 0. The molecule has 1 aromatic heterocycles. The summed E-state index contributed by atoms with van der Waals surface area (Å²) in [6, 6.07) is 14.6. The highest BCUT2D eigenvalue weighted by Crippen LogP contribution is 2.30. The van der Waals surface area contributed by atoms with Gasteiger partial charge in [-0.15, -0.1) is 5.10 Å². The quantitative estimate of drug-likeness (QED) is 0.640. The molecule has 1 fully saturated rings. The Bertz CT molecular complexity index is 1220. The number of piperidine rings is 1. The lowest BCUT2D eigenvalue weighted by Gasteiger charge is -2.39. The van der Waals surface area contributed by atoms with E-state index in [2.05, 4.69) is 20.4 Å². The molecule has 2 aliphatic heterocycles. The largest absolute Gasteiger partial charge is 0.368 e. The lowest BCUT2D eigenvalue weighted by Crippen LogP contribution is -2.52. The number of likely N-dealkylation sites (tertiary alicyclic amines) is 1. The van der Waals surface area contributed by atoms with Crippen LogP contribution in [0.4, 0.5) is 5.69 Å². The molecule has 2 aromatic carbocycles. The molecule has 9 nitrogen and oxygen atoms in total. The van der Waals surface area contributed by atoms with Crippen molar-refractivity contribution >= 4 is 32.7 Å². The van der Waals surface area contributed by atoms with E-state index in [1.54, 1.807) is 22.9 Å². The molecule has 0 aliphatic carbocycles. The number of carbonyl (C=O) groups is 1. The molecule has 3 heterocycles. The molecule has 0 radical (unpaired) electrons. The number of hydrogen-bond acceptors (Lipinski definition) is 6. The molecule has 1 atom stereocenters. The maximum Gasteiger partial charge on any atom is 0.244 e. The molecule has 2 aliphatic rings. The Morgan fingerprint density at radius 3 is 2.65 bits per heavy atom. The van der Waals surface area contributed by atoms with Crippen molar-refractivity contribution in [3.8, 4) is 0 Å². The molecule has 10 heteroatoms. The summed E-state index contributed by atoms with van der Waals surface area (Å²) in [6.45, 7) is 1.71. The van der Waals surface area contributed by atoms with E-state index in [4.69, 9.17) is 0 Å². The topological polar surface area (TPSA) is 109 Å². The van der Waals surface area contributed by atoms with Gasteiger partial charge >= 0.3 is 0 Å². The van der Waals surface area contributed by atoms with Crippen LogP contribution in [0.15, 0.2) is 53.4 Å². The average molecular weight is 441 g/mol. The van der Waals surface area contributed by atoms with Crippen molar-refractivity contribution < 1.29 is 13.2 Å². The first kappa shape index (κ1) is 20.0. The Kier molecular flexibility index (Phi) is 5.11. The fourth-order valence-electron chi connectivity index (χ4n) is 4.39. The van der Waals surface area contributed by atoms with Crippen molar-refractivity contribution in [1.82, 2.24) is 24.6 Å². The van der Waals surface area contributed by atoms with E-state index in [0.717, 1.165) is 23.9 Å². The zero-order chi connectivity index (χ0) is 21.4. The molecule has 31 heavy (non-hydrogen) atoms. The smallest absolute Gasteiger partial charge is 0.244 e. The Hall–Kier alpha value is -2.98. The number of anilines is 1. The van der Waals surface area contributed by atoms with Crippen LogP contribution in [-0.4, -0.2) is 53.5 Å². The van der Waals surface area contributed by atoms with Gasteiger partial charge in [-0.1, -0.05) is 29.5 Å². The third-order valence-corrected chi connectivity index (χ3v) is 7.59. The highest BCUT2D eigenvalue weighted by Gasteiger charge is 2.35. The van der Waals surface area contributed by atoms with Crippen LogP contribution in [0.3, 0.4) is 0 Å². The first-order valence-corrected chi connectivity index (χ1v) is 11.9. The number of aromatic nitrogens is 3. The van der Waals surface area contributed by atoms with Crippen molar-refractivity contribution in [3.63, 3.8) is 0 Å². The minimum Gasteiger partial charge on any atom is -0.368 e. The van der Waals surface area contributed by atoms with E-state index in [-0.39, 0.29) is 22.9 Å². The monoisotopic (exact) mass is 440 g/mol. The number of carbonyl (C=O) groups excluding carboxylic acids is 1. The zero-order valence-corrected chi connectivity index (χ0v) is 17.8. The molecule has 1 unspecified atom stereocenters. The van der Waals surface area contributed by atoms with E-state index >= 15 is 0 Å². The van der Waals surface area contributed by atoms with Crippen LogP contribution >= 0.6 is 0 Å². The van der Waals surface area contributed by atoms with Gasteiger partial charge in [-0.05, 0) is 43.0 Å². The van der Waals surface area contributed by atoms with Crippen molar-refractivity contribution in [1.29, 1.82) is 0 Å². The highest BCUT2D eigenvalue weighted by atomic mass is 32.2. The number of nitrogens with zero attached hydrogens (tertiary/aromatic N) is 4. The van der Waals surface area contributed by atoms with Crippen LogP contribution in [0, 0.1) is 5.92 Å². The van der Waals surface area contributed by atoms with Gasteiger partial charge in [0.05, 0.1) is 23.9 Å². The number of amides is 1. The van der Waals surface area contributed by atoms with Gasteiger partial charge in [-0.25, -0.2) is 13.1 Å². The Morgan fingerprint density at radius 1 is 1.06 bits per heavy atom. The van der Waals surface area contributed by atoms with Crippen LogP contribution in [0.5, 0.6) is 0 Å². The predicted molar refractivity (Wildman–Crippen MR) is 116 cm³/mol. The highest BCUT2D eigenvalue weighted by molar-refractivity contribution is 7.89. The third kappa shape index (κ3) is 3.88. The molecule has 3 aromatic rings. The van der Waals surface area contributed by atoms with Gasteiger partial charge in [0.2, 0.25) is 15.9 Å². The van der Waals surface area contributed by atoms with Crippen LogP contribution < -0.4 is 10.0 Å². The van der Waals surface area contributed by atoms with E-state index in [0.29, 0.717) is 31.7 Å². The van der Waals surface area contributed by atoms with E-state index in [1.165, 1.54) is 0 Å². The summed E-state index contributed by atoms with van der Waals surface area (Å²) in [5.74, 6) is 0.201. The number of aryl methyl sites for hydroxylation is 1. The molecular weight excluding hydrogens is 416 g/mol. The van der Waals surface area contributed by atoms with Gasteiger partial charge in [0.15, 0.2) is 0 Å². The molecule has 1 saturated heterocycles. The second-order valence-electron chi connectivity index (χ2n) is 8.01. The first-order valence-electron chi connectivity index (χ1n) is 10.5. The second-order valence-corrected chi connectivity index (χ2v) is 9.69. The van der Waals surface area contributed by atoms with Gasteiger partial charge < -0.3 is 10.2 Å². The Balaban J connectivity index is 1.17. The maximum absolute atomic E-state index is 12.7. The molecular formula is C21H24N6O3S. The van der Waals surface area contributed by atoms with E-state index in [9.17, 15) is 13.2 Å². The second kappa shape index (κ2) is 7.93. The van der Waals surface area contributed by atoms with Crippen LogP contribution in [0.25, 0.3) is 11.0 Å². The lowest BCUT2D eigenvalue weighted by molar-refractivity contribution is -0.132. The standard InChI is InChI=1S/C21H24N6O3S/c28-20(11-14-27-18-7-3-1-5-16(18)23-25-27)26-12-9-15(10-13-26)21-22-17-6-2-4-8-19(17)31(29,30)24-21/h1-8,15,21-22,24H,9-14H2. The van der Waals surface area contributed by atoms with Crippen LogP contribution in [0.1, 0.15) is 19.3 Å². The van der Waals surface area contributed by atoms with Gasteiger partial charge in [-0.3, -0.25) is 4.79 Å². The number of nitrogens with one attached hydrogen (secondary N) is 2. The fraction of sp³-hybridized carbons (Fsp3) is 0.381. The third-order valence-electron chi connectivity index (χ3n) is 6.09. The molecule has 162 valence electrons. The van der Waals surface area contributed by atoms with Crippen molar-refractivity contribution in [3.05, 3.63) is 48.5 Å². The van der Waals surface area contributed by atoms with E-state index in [1.807, 2.05) is 35.2 Å². The molecule has 0 saturated carbocycles. The lowest BCUT2D eigenvalue weighted by atomic mass is 9.93. The molecule has 0 spiro atoms. The number of fused-ring (bicyclic) bond motifs is 2. The number of hydrogen-bond donors (Lipinski definition) is 2. The molecule has 0 bridgehead atoms. The van der Waals surface area contributed by atoms with Crippen molar-refractivity contribution in [2.75, 3.05) is 18.4 Å². The summed E-state index contributed by atoms with van der Waals surface area (Å²) in [7, 11) is -3.53. The average Bonchev–Trinajstić information content (AvgIpc) is 3.20. The first-order chi connectivity index (χ1) is 15.0. The molecule has 1 amide bonds. The van der Waals surface area contributed by atoms with Crippen molar-refractivity contribution in [2.45, 2.75) is 36.9 Å². The zero-order valence-electron chi connectivity index (χ0n) is 16.9. The van der Waals surface area contributed by atoms with Gasteiger partial charge in [0.1, 0.15) is 10.4 Å². The maximum atomic E-state index is 12.7. The van der Waals surface area contributed by atoms with Gasteiger partial charge in [-0.2, -0.15) is 4.72 Å². The Labute approximate surface area is 180 Å². The van der Waals surface area contributed by atoms with Crippen LogP contribution in [-0.2, 0) is 21.4 Å². The SMILES string of the molecule is O=C(CCn1nnc2ccccc21)N1CCC(C2Nc3ccccc3S(=O)(=O)N2)CC1. The fourth-order valence-corrected chi connectivity index (χ4v) is 5.77. The van der Waals surface area contributed by atoms with Crippen molar-refractivity contribution in [2.24, 2.45) is 5.92 Å². The number of sulfonamides is 1. The van der Waals surface area contributed by atoms with Gasteiger partial charge in [0.25, 0.3) is 0 Å². The normalized spacial score (nSPS) is 20.9. The summed E-state index contributed by atoms with van der Waals surface area (Å²) in [6.07, 6.45) is 1.47. The summed E-state index contributed by atoms with van der Waals surface area (Å²) in [5, 5.41) is 11.6. The van der Waals surface area contributed by atoms with Crippen LogP contribution in [0.2, 0.25) is 0 Å². The number of benzene rings is 2. The van der Waals surface area contributed by atoms with E-state index < -0.39 is 10.0 Å². The minimum absolute atomic E-state index is 0.0839. The number of rotatable bonds is 4.